The fraction of sp³-hybridized carbons (Fsp3) is 0.120. The van der Waals surface area contributed by atoms with Gasteiger partial charge in [0.2, 0.25) is 0 Å². The number of fused-ring (bicyclic) bond motifs is 8. The van der Waals surface area contributed by atoms with Gasteiger partial charge in [0.1, 0.15) is 0 Å². The fourth-order valence-electron chi connectivity index (χ4n) is 9.42. The Morgan fingerprint density at radius 2 is 1.45 bits per heavy atom. The van der Waals surface area contributed by atoms with Crippen LogP contribution >= 0.6 is 0 Å². The molecule has 3 heterocycles. The second kappa shape index (κ2) is 12.2. The van der Waals surface area contributed by atoms with Crippen LogP contribution in [0, 0.1) is 0 Å². The molecule has 2 aliphatic carbocycles. The maximum absolute atomic E-state index is 5.10. The molecule has 6 aromatic carbocycles. The molecule has 55 heavy (non-hydrogen) atoms. The number of hydrogen-bond acceptors (Lipinski definition) is 4. The van der Waals surface area contributed by atoms with Crippen LogP contribution in [0.4, 0.5) is 11.4 Å². The standard InChI is InChI=1S/C50H39N5/c1-50(2)40-26-23-34(32-14-6-3-7-15-32)30-39(40)37-25-27-44-46(47(37)50)38-24-22-35(48-51-29-28-41(52-48)33-16-8-4-9-17-33)31-45(38)55(44)49-53-42-20-12-13-21-43(42)54(49)36-18-10-5-11-19-36/h3-18,20-31,36,49,53H,19H2,1-2H3. The Kier molecular flexibility index (Phi) is 7.02. The Bertz CT molecular complexity index is 2860. The van der Waals surface area contributed by atoms with Gasteiger partial charge >= 0.3 is 0 Å². The van der Waals surface area contributed by atoms with Crippen LogP contribution < -0.4 is 10.2 Å². The first kappa shape index (κ1) is 31.8. The van der Waals surface area contributed by atoms with Gasteiger partial charge in [-0.2, -0.15) is 0 Å². The van der Waals surface area contributed by atoms with E-state index in [4.69, 9.17) is 9.97 Å². The van der Waals surface area contributed by atoms with E-state index in [2.05, 4.69) is 180 Å². The van der Waals surface area contributed by atoms with Gasteiger partial charge in [-0.15, -0.1) is 0 Å². The van der Waals surface area contributed by atoms with E-state index >= 15 is 0 Å². The predicted molar refractivity (Wildman–Crippen MR) is 227 cm³/mol. The molecule has 5 nitrogen and oxygen atoms in total. The Morgan fingerprint density at radius 3 is 2.27 bits per heavy atom. The van der Waals surface area contributed by atoms with Crippen molar-refractivity contribution in [1.82, 2.24) is 14.5 Å². The summed E-state index contributed by atoms with van der Waals surface area (Å²) in [5.74, 6) is 0.714. The number of benzene rings is 6. The van der Waals surface area contributed by atoms with Gasteiger partial charge in [-0.25, -0.2) is 9.97 Å². The summed E-state index contributed by atoms with van der Waals surface area (Å²) in [7, 11) is 0. The van der Waals surface area contributed by atoms with Gasteiger partial charge in [0.15, 0.2) is 12.1 Å². The number of nitrogens with zero attached hydrogens (tertiary/aromatic N) is 4. The molecule has 0 saturated heterocycles. The minimum Gasteiger partial charge on any atom is -0.346 e. The molecule has 2 atom stereocenters. The summed E-state index contributed by atoms with van der Waals surface area (Å²) in [6.45, 7) is 4.80. The fourth-order valence-corrected chi connectivity index (χ4v) is 9.42. The third kappa shape index (κ3) is 4.86. The summed E-state index contributed by atoms with van der Waals surface area (Å²) in [6, 6.07) is 50.6. The number of allylic oxidation sites excluding steroid dienone is 2. The van der Waals surface area contributed by atoms with E-state index in [0.717, 1.165) is 34.4 Å². The monoisotopic (exact) mass is 709 g/mol. The van der Waals surface area contributed by atoms with Crippen molar-refractivity contribution in [3.05, 3.63) is 181 Å². The van der Waals surface area contributed by atoms with E-state index in [0.29, 0.717) is 5.82 Å². The van der Waals surface area contributed by atoms with E-state index in [9.17, 15) is 0 Å². The molecule has 2 unspecified atom stereocenters. The van der Waals surface area contributed by atoms with Crippen LogP contribution in [0.3, 0.4) is 0 Å². The average Bonchev–Trinajstić information content (AvgIpc) is 3.86. The van der Waals surface area contributed by atoms with Gasteiger partial charge in [-0.3, -0.25) is 0 Å². The lowest BCUT2D eigenvalue weighted by molar-refractivity contribution is 0.528. The topological polar surface area (TPSA) is 46.0 Å². The van der Waals surface area contributed by atoms with E-state index in [-0.39, 0.29) is 17.7 Å². The van der Waals surface area contributed by atoms with Crippen molar-refractivity contribution in [3.63, 3.8) is 0 Å². The van der Waals surface area contributed by atoms with Crippen LogP contribution in [0.15, 0.2) is 170 Å². The largest absolute Gasteiger partial charge is 0.346 e. The van der Waals surface area contributed by atoms with Gasteiger partial charge in [0, 0.05) is 33.5 Å². The van der Waals surface area contributed by atoms with Crippen molar-refractivity contribution in [2.24, 2.45) is 0 Å². The van der Waals surface area contributed by atoms with Crippen LogP contribution in [0.5, 0.6) is 0 Å². The molecular weight excluding hydrogens is 671 g/mol. The first-order valence-electron chi connectivity index (χ1n) is 19.2. The average molecular weight is 710 g/mol. The highest BCUT2D eigenvalue weighted by Crippen LogP contribution is 2.55. The van der Waals surface area contributed by atoms with Crippen molar-refractivity contribution >= 4 is 33.2 Å². The number of rotatable bonds is 5. The van der Waals surface area contributed by atoms with Crippen molar-refractivity contribution in [3.8, 4) is 44.9 Å². The van der Waals surface area contributed by atoms with Gasteiger partial charge in [-0.1, -0.05) is 141 Å². The zero-order chi connectivity index (χ0) is 36.7. The molecule has 0 bridgehead atoms. The SMILES string of the molecule is CC1(C)c2ccc(-c3ccccc3)cc2-c2ccc3c(c21)c1ccc(-c2nccc(-c4ccccc4)n2)cc1n3C1Nc2ccccc2N1C1C=CC=CC1. The summed E-state index contributed by atoms with van der Waals surface area (Å²) >= 11 is 0. The van der Waals surface area contributed by atoms with Crippen LogP contribution in [0.1, 0.15) is 37.7 Å². The third-order valence-electron chi connectivity index (χ3n) is 12.0. The lowest BCUT2D eigenvalue weighted by atomic mass is 9.80. The third-order valence-corrected chi connectivity index (χ3v) is 12.0. The van der Waals surface area contributed by atoms with Crippen molar-refractivity contribution < 1.29 is 0 Å². The smallest absolute Gasteiger partial charge is 0.183 e. The Hall–Kier alpha value is -6.72. The Labute approximate surface area is 321 Å². The quantitative estimate of drug-likeness (QED) is 0.193. The van der Waals surface area contributed by atoms with E-state index in [1.54, 1.807) is 0 Å². The molecule has 264 valence electrons. The van der Waals surface area contributed by atoms with E-state index in [1.807, 2.05) is 18.3 Å². The normalized spacial score (nSPS) is 17.7. The maximum Gasteiger partial charge on any atom is 0.183 e. The zero-order valence-electron chi connectivity index (χ0n) is 30.8. The van der Waals surface area contributed by atoms with Gasteiger partial charge in [0.25, 0.3) is 0 Å². The summed E-state index contributed by atoms with van der Waals surface area (Å²) < 4.78 is 2.54. The molecule has 3 aliphatic rings. The first-order chi connectivity index (χ1) is 27.0. The first-order valence-corrected chi connectivity index (χ1v) is 19.2. The molecule has 8 aromatic rings. The maximum atomic E-state index is 5.10. The minimum absolute atomic E-state index is 0.167. The predicted octanol–water partition coefficient (Wildman–Crippen LogP) is 12.2. The molecule has 0 radical (unpaired) electrons. The van der Waals surface area contributed by atoms with Gasteiger partial charge in [-0.05, 0) is 76.2 Å². The van der Waals surface area contributed by atoms with Gasteiger partial charge < -0.3 is 14.8 Å². The van der Waals surface area contributed by atoms with Crippen molar-refractivity contribution in [1.29, 1.82) is 0 Å². The highest BCUT2D eigenvalue weighted by Gasteiger charge is 2.41. The zero-order valence-corrected chi connectivity index (χ0v) is 30.8. The summed E-state index contributed by atoms with van der Waals surface area (Å²) in [5.41, 5.74) is 15.3. The number of hydrogen-bond donors (Lipinski definition) is 1. The second-order valence-corrected chi connectivity index (χ2v) is 15.4. The van der Waals surface area contributed by atoms with Crippen molar-refractivity contribution in [2.45, 2.75) is 38.0 Å². The van der Waals surface area contributed by atoms with Crippen molar-refractivity contribution in [2.75, 3.05) is 10.2 Å². The van der Waals surface area contributed by atoms with Crippen LogP contribution in [0.2, 0.25) is 0 Å². The lowest BCUT2D eigenvalue weighted by Gasteiger charge is -2.35. The lowest BCUT2D eigenvalue weighted by Crippen LogP contribution is -2.40. The van der Waals surface area contributed by atoms with Crippen LogP contribution in [0.25, 0.3) is 66.7 Å². The van der Waals surface area contributed by atoms with Gasteiger partial charge in [0.05, 0.1) is 34.1 Å². The number of nitrogens with one attached hydrogen (secondary N) is 1. The molecule has 0 spiro atoms. The highest BCUT2D eigenvalue weighted by atomic mass is 15.5. The summed E-state index contributed by atoms with van der Waals surface area (Å²) in [4.78, 5) is 12.5. The molecule has 1 aliphatic heterocycles. The van der Waals surface area contributed by atoms with E-state index < -0.39 is 0 Å². The van der Waals surface area contributed by atoms with Crippen LogP contribution in [-0.2, 0) is 5.41 Å². The molecule has 0 saturated carbocycles. The second-order valence-electron chi connectivity index (χ2n) is 15.4. The molecule has 0 amide bonds. The Morgan fingerprint density at radius 1 is 0.673 bits per heavy atom. The molecule has 1 N–H and O–H groups in total. The molecular formula is C50H39N5. The summed E-state index contributed by atoms with van der Waals surface area (Å²) in [5, 5.41) is 6.52. The molecule has 0 fully saturated rings. The highest BCUT2D eigenvalue weighted by molar-refractivity contribution is 6.14. The summed E-state index contributed by atoms with van der Waals surface area (Å²) in [6.07, 6.45) is 11.6. The molecule has 11 rings (SSSR count). The molecule has 2 aromatic heterocycles. The van der Waals surface area contributed by atoms with E-state index in [1.165, 1.54) is 55.4 Å². The Balaban J connectivity index is 1.16. The number of anilines is 2. The minimum atomic E-state index is -0.215. The number of para-hydroxylation sites is 2. The van der Waals surface area contributed by atoms with Crippen LogP contribution in [-0.4, -0.2) is 20.6 Å². The molecule has 5 heteroatoms. The number of aromatic nitrogens is 3.